The van der Waals surface area contributed by atoms with Crippen LogP contribution < -0.4 is 0 Å². The highest BCUT2D eigenvalue weighted by molar-refractivity contribution is 7.10. The highest BCUT2D eigenvalue weighted by Crippen LogP contribution is 2.28. The first-order chi connectivity index (χ1) is 12.3. The minimum absolute atomic E-state index is 0.0390. The summed E-state index contributed by atoms with van der Waals surface area (Å²) in [5.74, 6) is 0.655. The van der Waals surface area contributed by atoms with Gasteiger partial charge in [-0.15, -0.1) is 11.3 Å². The molecule has 3 aromatic heterocycles. The largest absolute Gasteiger partial charge is 0.456 e. The summed E-state index contributed by atoms with van der Waals surface area (Å²) in [4.78, 5) is 12.7. The first-order valence-corrected chi connectivity index (χ1v) is 8.49. The van der Waals surface area contributed by atoms with Crippen LogP contribution in [0.2, 0.25) is 0 Å². The van der Waals surface area contributed by atoms with Crippen LogP contribution in [-0.2, 0) is 16.1 Å². The fourth-order valence-corrected chi connectivity index (χ4v) is 2.95. The molecule has 0 saturated carbocycles. The van der Waals surface area contributed by atoms with Gasteiger partial charge in [0.1, 0.15) is 17.9 Å². The van der Waals surface area contributed by atoms with Gasteiger partial charge in [0.2, 0.25) is 5.76 Å². The first kappa shape index (κ1) is 15.4. The molecular weight excluding hydrogens is 338 g/mol. The van der Waals surface area contributed by atoms with Gasteiger partial charge in [-0.1, -0.05) is 29.4 Å². The quantitative estimate of drug-likeness (QED) is 0.378. The number of aromatic nitrogens is 1. The minimum Gasteiger partial charge on any atom is -0.456 e. The number of hydrogen-bond donors (Lipinski definition) is 0. The standard InChI is InChI=1S/C19H13NO4S/c21-19(8-7-15-5-3-9-25-15)22-12-14-11-18(24-20-14)17-10-13-4-1-2-6-16(13)23-17/h1-11H,12H2/b8-7+. The topological polar surface area (TPSA) is 65.5 Å². The molecule has 0 radical (unpaired) electrons. The zero-order valence-corrected chi connectivity index (χ0v) is 13.9. The van der Waals surface area contributed by atoms with Crippen LogP contribution in [-0.4, -0.2) is 11.1 Å². The molecule has 0 aliphatic heterocycles. The maximum Gasteiger partial charge on any atom is 0.331 e. The average Bonchev–Trinajstić information content (AvgIpc) is 3.38. The molecule has 0 aliphatic rings. The number of carbonyl (C=O) groups is 1. The van der Waals surface area contributed by atoms with E-state index in [1.807, 2.05) is 47.8 Å². The van der Waals surface area contributed by atoms with E-state index in [9.17, 15) is 4.79 Å². The normalized spacial score (nSPS) is 11.4. The molecule has 0 aliphatic carbocycles. The Morgan fingerprint density at radius 1 is 1.16 bits per heavy atom. The maximum atomic E-state index is 11.7. The number of benzene rings is 1. The Bertz CT molecular complexity index is 994. The highest BCUT2D eigenvalue weighted by atomic mass is 32.1. The smallest absolute Gasteiger partial charge is 0.331 e. The fraction of sp³-hybridized carbons (Fsp3) is 0.0526. The maximum absolute atomic E-state index is 11.7. The summed E-state index contributed by atoms with van der Waals surface area (Å²) in [5.41, 5.74) is 1.30. The summed E-state index contributed by atoms with van der Waals surface area (Å²) >= 11 is 1.55. The van der Waals surface area contributed by atoms with Crippen molar-refractivity contribution < 1.29 is 18.5 Å². The Morgan fingerprint density at radius 2 is 2.08 bits per heavy atom. The molecule has 1 aromatic carbocycles. The molecule has 0 atom stereocenters. The molecule has 25 heavy (non-hydrogen) atoms. The number of ether oxygens (including phenoxy) is 1. The molecule has 4 aromatic rings. The van der Waals surface area contributed by atoms with Crippen molar-refractivity contribution in [1.29, 1.82) is 0 Å². The van der Waals surface area contributed by atoms with Crippen molar-refractivity contribution in [3.8, 4) is 11.5 Å². The van der Waals surface area contributed by atoms with Gasteiger partial charge in [-0.05, 0) is 29.7 Å². The molecule has 4 rings (SSSR count). The van der Waals surface area contributed by atoms with Gasteiger partial charge >= 0.3 is 5.97 Å². The Balaban J connectivity index is 1.40. The number of rotatable bonds is 5. The van der Waals surface area contributed by atoms with Crippen molar-refractivity contribution in [2.75, 3.05) is 0 Å². The van der Waals surface area contributed by atoms with Crippen LogP contribution in [0.5, 0.6) is 0 Å². The summed E-state index contributed by atoms with van der Waals surface area (Å²) < 4.78 is 16.2. The molecule has 0 spiro atoms. The van der Waals surface area contributed by atoms with Crippen molar-refractivity contribution in [2.24, 2.45) is 0 Å². The molecule has 124 valence electrons. The average molecular weight is 351 g/mol. The molecule has 0 bridgehead atoms. The third kappa shape index (κ3) is 3.54. The van der Waals surface area contributed by atoms with Gasteiger partial charge in [0.25, 0.3) is 0 Å². The van der Waals surface area contributed by atoms with Crippen LogP contribution in [0.4, 0.5) is 0 Å². The Hall–Kier alpha value is -3.12. The van der Waals surface area contributed by atoms with E-state index in [1.165, 1.54) is 6.08 Å². The van der Waals surface area contributed by atoms with Crippen molar-refractivity contribution in [1.82, 2.24) is 5.16 Å². The zero-order chi connectivity index (χ0) is 17.1. The van der Waals surface area contributed by atoms with E-state index in [0.29, 0.717) is 17.2 Å². The van der Waals surface area contributed by atoms with E-state index >= 15 is 0 Å². The second-order valence-corrected chi connectivity index (χ2v) is 6.27. The number of hydrogen-bond acceptors (Lipinski definition) is 6. The van der Waals surface area contributed by atoms with Crippen molar-refractivity contribution >= 4 is 34.4 Å². The summed E-state index contributed by atoms with van der Waals surface area (Å²) in [6.45, 7) is 0.0390. The number of nitrogens with zero attached hydrogens (tertiary/aromatic N) is 1. The number of para-hydroxylation sites is 1. The van der Waals surface area contributed by atoms with Gasteiger partial charge in [-0.3, -0.25) is 0 Å². The van der Waals surface area contributed by atoms with Crippen LogP contribution in [0.3, 0.4) is 0 Å². The van der Waals surface area contributed by atoms with Crippen LogP contribution in [0.1, 0.15) is 10.6 Å². The first-order valence-electron chi connectivity index (χ1n) is 7.61. The van der Waals surface area contributed by atoms with Crippen molar-refractivity contribution in [3.05, 3.63) is 70.6 Å². The molecule has 0 N–H and O–H groups in total. The lowest BCUT2D eigenvalue weighted by Gasteiger charge is -1.96. The monoisotopic (exact) mass is 351 g/mol. The number of fused-ring (bicyclic) bond motifs is 1. The van der Waals surface area contributed by atoms with Crippen LogP contribution in [0, 0.1) is 0 Å². The van der Waals surface area contributed by atoms with Gasteiger partial charge in [0, 0.05) is 22.4 Å². The van der Waals surface area contributed by atoms with E-state index in [2.05, 4.69) is 5.16 Å². The molecule has 0 amide bonds. The van der Waals surface area contributed by atoms with Crippen molar-refractivity contribution in [2.45, 2.75) is 6.61 Å². The number of carbonyl (C=O) groups excluding carboxylic acids is 1. The van der Waals surface area contributed by atoms with Crippen LogP contribution in [0.15, 0.2) is 68.9 Å². The number of esters is 1. The molecule has 5 nitrogen and oxygen atoms in total. The van der Waals surface area contributed by atoms with Crippen molar-refractivity contribution in [3.63, 3.8) is 0 Å². The summed E-state index contributed by atoms with van der Waals surface area (Å²) in [6, 6.07) is 15.1. The third-order valence-electron chi connectivity index (χ3n) is 3.52. The van der Waals surface area contributed by atoms with E-state index < -0.39 is 5.97 Å². The van der Waals surface area contributed by atoms with E-state index in [4.69, 9.17) is 13.7 Å². The predicted octanol–water partition coefficient (Wildman–Crippen LogP) is 4.91. The third-order valence-corrected chi connectivity index (χ3v) is 4.35. The molecular formula is C19H13NO4S. The molecule has 3 heterocycles. The Morgan fingerprint density at radius 3 is 2.92 bits per heavy atom. The van der Waals surface area contributed by atoms with Crippen LogP contribution >= 0.6 is 11.3 Å². The van der Waals surface area contributed by atoms with Gasteiger partial charge in [0.15, 0.2) is 5.76 Å². The lowest BCUT2D eigenvalue weighted by molar-refractivity contribution is -0.139. The highest BCUT2D eigenvalue weighted by Gasteiger charge is 2.12. The fourth-order valence-electron chi connectivity index (χ4n) is 2.33. The minimum atomic E-state index is -0.429. The summed E-state index contributed by atoms with van der Waals surface area (Å²) in [7, 11) is 0. The van der Waals surface area contributed by atoms with E-state index in [-0.39, 0.29) is 6.61 Å². The van der Waals surface area contributed by atoms with Gasteiger partial charge in [-0.2, -0.15) is 0 Å². The lowest BCUT2D eigenvalue weighted by Crippen LogP contribution is -2.00. The lowest BCUT2D eigenvalue weighted by atomic mass is 10.2. The van der Waals surface area contributed by atoms with Crippen LogP contribution in [0.25, 0.3) is 28.6 Å². The van der Waals surface area contributed by atoms with Gasteiger partial charge < -0.3 is 13.7 Å². The summed E-state index contributed by atoms with van der Waals surface area (Å²) in [5, 5.41) is 6.84. The molecule has 6 heteroatoms. The van der Waals surface area contributed by atoms with E-state index in [0.717, 1.165) is 15.8 Å². The molecule has 0 unspecified atom stereocenters. The molecule has 0 fully saturated rings. The van der Waals surface area contributed by atoms with Gasteiger partial charge in [0.05, 0.1) is 0 Å². The number of furan rings is 1. The second-order valence-electron chi connectivity index (χ2n) is 5.29. The Labute approximate surface area is 147 Å². The molecule has 0 saturated heterocycles. The second kappa shape index (κ2) is 6.78. The predicted molar refractivity (Wildman–Crippen MR) is 94.9 cm³/mol. The number of thiophene rings is 1. The van der Waals surface area contributed by atoms with E-state index in [1.54, 1.807) is 23.5 Å². The zero-order valence-electron chi connectivity index (χ0n) is 13.0. The summed E-state index contributed by atoms with van der Waals surface area (Å²) in [6.07, 6.45) is 3.11. The van der Waals surface area contributed by atoms with Gasteiger partial charge in [-0.25, -0.2) is 4.79 Å². The Kier molecular flexibility index (Phi) is 4.18. The SMILES string of the molecule is O=C(/C=C/c1cccs1)OCc1cc(-c2cc3ccccc3o2)on1.